The average molecular weight is 382 g/mol. The van der Waals surface area contributed by atoms with Gasteiger partial charge in [0.15, 0.2) is 0 Å². The lowest BCUT2D eigenvalue weighted by Crippen LogP contribution is -1.95. The Bertz CT molecular complexity index is 1060. The number of ether oxygens (including phenoxy) is 1. The van der Waals surface area contributed by atoms with Gasteiger partial charge in [0.05, 0.1) is 0 Å². The minimum atomic E-state index is 0.608. The molecular weight excluding hydrogens is 360 g/mol. The van der Waals surface area contributed by atoms with Crippen molar-refractivity contribution < 1.29 is 4.74 Å². The molecule has 0 amide bonds. The number of nitrogens with two attached hydrogens (primary N) is 4. The Morgan fingerprint density at radius 1 is 0.414 bits per heavy atom. The van der Waals surface area contributed by atoms with Crippen molar-refractivity contribution in [3.63, 3.8) is 0 Å². The van der Waals surface area contributed by atoms with E-state index in [0.29, 0.717) is 34.2 Å². The molecule has 29 heavy (non-hydrogen) atoms. The summed E-state index contributed by atoms with van der Waals surface area (Å²) in [5.41, 5.74) is 30.1. The van der Waals surface area contributed by atoms with E-state index in [1.54, 1.807) is 0 Å². The number of hydrogen-bond donors (Lipinski definition) is 4. The molecule has 0 fully saturated rings. The second kappa shape index (κ2) is 7.48. The number of anilines is 4. The second-order valence-electron chi connectivity index (χ2n) is 6.86. The molecule has 0 unspecified atom stereocenters. The molecule has 0 radical (unpaired) electrons. The van der Waals surface area contributed by atoms with Crippen LogP contribution in [0.15, 0.2) is 84.9 Å². The molecule has 144 valence electrons. The molecule has 0 saturated carbocycles. The molecule has 5 nitrogen and oxygen atoms in total. The maximum atomic E-state index is 6.35. The van der Waals surface area contributed by atoms with Crippen molar-refractivity contribution in [2.75, 3.05) is 22.9 Å². The molecule has 0 heterocycles. The molecule has 4 aromatic rings. The van der Waals surface area contributed by atoms with Crippen LogP contribution >= 0.6 is 0 Å². The van der Waals surface area contributed by atoms with Crippen LogP contribution in [-0.4, -0.2) is 0 Å². The number of hydrogen-bond acceptors (Lipinski definition) is 5. The maximum Gasteiger partial charge on any atom is 0.137 e. The Labute approximate surface area is 169 Å². The van der Waals surface area contributed by atoms with Crippen LogP contribution < -0.4 is 27.7 Å². The van der Waals surface area contributed by atoms with Crippen molar-refractivity contribution in [2.24, 2.45) is 0 Å². The van der Waals surface area contributed by atoms with Crippen LogP contribution in [0.3, 0.4) is 0 Å². The van der Waals surface area contributed by atoms with Gasteiger partial charge in [0, 0.05) is 46.0 Å². The van der Waals surface area contributed by atoms with Crippen molar-refractivity contribution in [1.29, 1.82) is 0 Å². The van der Waals surface area contributed by atoms with E-state index >= 15 is 0 Å². The molecule has 0 aliphatic rings. The highest BCUT2D eigenvalue weighted by Gasteiger charge is 2.13. The van der Waals surface area contributed by atoms with Gasteiger partial charge in [-0.2, -0.15) is 0 Å². The predicted octanol–water partition coefficient (Wildman–Crippen LogP) is 5.14. The fraction of sp³-hybridized carbons (Fsp3) is 0. The Hall–Kier alpha value is -4.12. The molecule has 4 aromatic carbocycles. The summed E-state index contributed by atoms with van der Waals surface area (Å²) in [7, 11) is 0. The van der Waals surface area contributed by atoms with Crippen LogP contribution in [0.4, 0.5) is 22.7 Å². The van der Waals surface area contributed by atoms with Crippen molar-refractivity contribution in [3.05, 3.63) is 84.9 Å². The van der Waals surface area contributed by atoms with E-state index in [4.69, 9.17) is 27.7 Å². The predicted molar refractivity (Wildman–Crippen MR) is 121 cm³/mol. The van der Waals surface area contributed by atoms with Gasteiger partial charge in [0.25, 0.3) is 0 Å². The van der Waals surface area contributed by atoms with Crippen LogP contribution in [0.2, 0.25) is 0 Å². The van der Waals surface area contributed by atoms with Gasteiger partial charge in [0.2, 0.25) is 0 Å². The van der Waals surface area contributed by atoms with Crippen LogP contribution in [0.25, 0.3) is 22.3 Å². The lowest BCUT2D eigenvalue weighted by atomic mass is 10.0. The van der Waals surface area contributed by atoms with E-state index in [9.17, 15) is 0 Å². The minimum Gasteiger partial charge on any atom is -0.456 e. The summed E-state index contributed by atoms with van der Waals surface area (Å²) < 4.78 is 6.35. The fourth-order valence-electron chi connectivity index (χ4n) is 3.17. The summed E-state index contributed by atoms with van der Waals surface area (Å²) in [4.78, 5) is 0. The van der Waals surface area contributed by atoms with Crippen molar-refractivity contribution in [1.82, 2.24) is 0 Å². The van der Waals surface area contributed by atoms with Gasteiger partial charge in [-0.1, -0.05) is 24.3 Å². The quantitative estimate of drug-likeness (QED) is 0.365. The first-order valence-electron chi connectivity index (χ1n) is 9.18. The zero-order valence-electron chi connectivity index (χ0n) is 15.8. The second-order valence-corrected chi connectivity index (χ2v) is 6.86. The molecule has 0 aliphatic heterocycles. The zero-order valence-corrected chi connectivity index (χ0v) is 15.8. The van der Waals surface area contributed by atoms with E-state index in [-0.39, 0.29) is 0 Å². The van der Waals surface area contributed by atoms with Gasteiger partial charge in [0.1, 0.15) is 11.5 Å². The lowest BCUT2D eigenvalue weighted by molar-refractivity contribution is 0.487. The molecule has 0 bridgehead atoms. The zero-order chi connectivity index (χ0) is 20.4. The van der Waals surface area contributed by atoms with Gasteiger partial charge < -0.3 is 27.7 Å². The summed E-state index contributed by atoms with van der Waals surface area (Å²) in [6.45, 7) is 0. The Morgan fingerprint density at radius 3 is 1.14 bits per heavy atom. The Kier molecular flexibility index (Phi) is 4.71. The van der Waals surface area contributed by atoms with Crippen molar-refractivity contribution >= 4 is 22.7 Å². The van der Waals surface area contributed by atoms with Gasteiger partial charge in [-0.25, -0.2) is 0 Å². The standard InChI is InChI=1S/C24H22N4O/c25-17-5-1-15(2-6-17)21-11-9-19(27)13-23(21)29-24-14-20(28)10-12-22(24)16-3-7-18(26)8-4-16/h1-14H,25-28H2. The summed E-state index contributed by atoms with van der Waals surface area (Å²) in [5.74, 6) is 1.27. The van der Waals surface area contributed by atoms with E-state index in [1.165, 1.54) is 0 Å². The molecule has 0 aromatic heterocycles. The largest absolute Gasteiger partial charge is 0.456 e. The first-order valence-corrected chi connectivity index (χ1v) is 9.18. The Morgan fingerprint density at radius 2 is 0.759 bits per heavy atom. The molecule has 0 aliphatic carbocycles. The smallest absolute Gasteiger partial charge is 0.137 e. The lowest BCUT2D eigenvalue weighted by Gasteiger charge is -2.16. The van der Waals surface area contributed by atoms with E-state index in [1.807, 2.05) is 84.9 Å². The topological polar surface area (TPSA) is 113 Å². The monoisotopic (exact) mass is 382 g/mol. The summed E-state index contributed by atoms with van der Waals surface area (Å²) in [6, 6.07) is 26.4. The van der Waals surface area contributed by atoms with Gasteiger partial charge in [-0.15, -0.1) is 0 Å². The highest BCUT2D eigenvalue weighted by molar-refractivity contribution is 5.78. The van der Waals surface area contributed by atoms with Crippen molar-refractivity contribution in [3.8, 4) is 33.8 Å². The highest BCUT2D eigenvalue weighted by Crippen LogP contribution is 2.40. The van der Waals surface area contributed by atoms with Gasteiger partial charge >= 0.3 is 0 Å². The van der Waals surface area contributed by atoms with E-state index in [2.05, 4.69) is 0 Å². The van der Waals surface area contributed by atoms with Gasteiger partial charge in [-0.05, 0) is 59.7 Å². The first-order chi connectivity index (χ1) is 14.0. The third kappa shape index (κ3) is 3.94. The highest BCUT2D eigenvalue weighted by atomic mass is 16.5. The third-order valence-electron chi connectivity index (χ3n) is 4.67. The molecule has 5 heteroatoms. The molecule has 0 saturated heterocycles. The summed E-state index contributed by atoms with van der Waals surface area (Å²) in [5, 5.41) is 0. The van der Waals surface area contributed by atoms with E-state index in [0.717, 1.165) is 22.3 Å². The summed E-state index contributed by atoms with van der Waals surface area (Å²) in [6.07, 6.45) is 0. The first kappa shape index (κ1) is 18.3. The normalized spacial score (nSPS) is 10.6. The summed E-state index contributed by atoms with van der Waals surface area (Å²) >= 11 is 0. The maximum absolute atomic E-state index is 6.35. The molecular formula is C24H22N4O. The molecule has 8 N–H and O–H groups in total. The van der Waals surface area contributed by atoms with E-state index < -0.39 is 0 Å². The third-order valence-corrected chi connectivity index (χ3v) is 4.67. The number of benzene rings is 4. The molecule has 0 atom stereocenters. The van der Waals surface area contributed by atoms with Crippen LogP contribution in [0.5, 0.6) is 11.5 Å². The van der Waals surface area contributed by atoms with Crippen LogP contribution in [-0.2, 0) is 0 Å². The minimum absolute atomic E-state index is 0.608. The average Bonchev–Trinajstić information content (AvgIpc) is 2.70. The SMILES string of the molecule is Nc1ccc(-c2ccc(N)cc2Oc2cc(N)ccc2-c2ccc(N)cc2)cc1. The van der Waals surface area contributed by atoms with Crippen LogP contribution in [0, 0.1) is 0 Å². The fourth-order valence-corrected chi connectivity index (χ4v) is 3.17. The number of nitrogen functional groups attached to an aromatic ring is 4. The van der Waals surface area contributed by atoms with Crippen LogP contribution in [0.1, 0.15) is 0 Å². The molecule has 0 spiro atoms. The molecule has 4 rings (SSSR count). The van der Waals surface area contributed by atoms with Gasteiger partial charge in [-0.3, -0.25) is 0 Å². The van der Waals surface area contributed by atoms with Crippen molar-refractivity contribution in [2.45, 2.75) is 0 Å². The number of rotatable bonds is 4. The Balaban J connectivity index is 1.80.